The zero-order valence-corrected chi connectivity index (χ0v) is 22.5. The lowest BCUT2D eigenvalue weighted by Crippen LogP contribution is -2.44. The molecule has 0 radical (unpaired) electrons. The van der Waals surface area contributed by atoms with E-state index in [1.54, 1.807) is 15.9 Å². The Labute approximate surface area is 236 Å². The van der Waals surface area contributed by atoms with Crippen molar-refractivity contribution >= 4 is 23.8 Å². The number of benzene rings is 2. The van der Waals surface area contributed by atoms with E-state index < -0.39 is 23.6 Å². The Morgan fingerprint density at radius 2 is 1.68 bits per heavy atom. The predicted molar refractivity (Wildman–Crippen MR) is 142 cm³/mol. The van der Waals surface area contributed by atoms with Gasteiger partial charge in [-0.15, -0.1) is 0 Å². The van der Waals surface area contributed by atoms with Crippen LogP contribution in [0.4, 0.5) is 13.6 Å². The van der Waals surface area contributed by atoms with Crippen molar-refractivity contribution in [3.63, 3.8) is 0 Å². The van der Waals surface area contributed by atoms with Crippen LogP contribution in [0.1, 0.15) is 23.5 Å². The van der Waals surface area contributed by atoms with Crippen LogP contribution < -0.4 is 10.1 Å². The lowest BCUT2D eigenvalue weighted by Gasteiger charge is -2.26. The topological polar surface area (TPSA) is 108 Å². The summed E-state index contributed by atoms with van der Waals surface area (Å²) >= 11 is 0. The summed E-state index contributed by atoms with van der Waals surface area (Å²) in [5.74, 6) is -2.95. The third kappa shape index (κ3) is 6.75. The molecule has 0 aliphatic carbocycles. The minimum Gasteiger partial charge on any atom is -0.492 e. The van der Waals surface area contributed by atoms with Gasteiger partial charge in [-0.3, -0.25) is 19.3 Å². The normalized spacial score (nSPS) is 21.5. The number of hydrogen-bond acceptors (Lipinski definition) is 6. The van der Waals surface area contributed by atoms with Crippen molar-refractivity contribution in [2.24, 2.45) is 5.92 Å². The summed E-state index contributed by atoms with van der Waals surface area (Å²) in [4.78, 5) is 55.8. The van der Waals surface area contributed by atoms with E-state index in [0.717, 1.165) is 17.7 Å². The second-order valence-corrected chi connectivity index (χ2v) is 10.4. The molecule has 12 heteroatoms. The van der Waals surface area contributed by atoms with Crippen LogP contribution in [0.25, 0.3) is 0 Å². The Balaban J connectivity index is 1.28. The third-order valence-corrected chi connectivity index (χ3v) is 7.69. The van der Waals surface area contributed by atoms with Gasteiger partial charge in [0.1, 0.15) is 25.5 Å². The van der Waals surface area contributed by atoms with E-state index in [-0.39, 0.29) is 56.4 Å². The molecule has 1 N–H and O–H groups in total. The molecule has 3 aliphatic rings. The third-order valence-electron chi connectivity index (χ3n) is 7.69. The van der Waals surface area contributed by atoms with E-state index in [2.05, 4.69) is 5.32 Å². The van der Waals surface area contributed by atoms with Crippen molar-refractivity contribution in [1.29, 1.82) is 0 Å². The average molecular weight is 571 g/mol. The molecular formula is C29H32F2N4O6. The molecule has 10 nitrogen and oxygen atoms in total. The zero-order chi connectivity index (χ0) is 28.9. The van der Waals surface area contributed by atoms with Crippen LogP contribution in [0.2, 0.25) is 0 Å². The summed E-state index contributed by atoms with van der Waals surface area (Å²) in [6, 6.07) is 10.7. The van der Waals surface area contributed by atoms with Crippen molar-refractivity contribution in [1.82, 2.24) is 20.0 Å². The predicted octanol–water partition coefficient (Wildman–Crippen LogP) is 1.93. The second-order valence-electron chi connectivity index (χ2n) is 10.4. The molecule has 2 bridgehead atoms. The Bertz CT molecular complexity index is 1320. The molecule has 0 saturated carbocycles. The van der Waals surface area contributed by atoms with E-state index in [1.807, 2.05) is 18.2 Å². The van der Waals surface area contributed by atoms with E-state index in [4.69, 9.17) is 9.47 Å². The number of halogens is 2. The number of cyclic esters (lactones) is 1. The number of carbonyl (C=O) groups excluding carboxylic acids is 4. The van der Waals surface area contributed by atoms with Crippen molar-refractivity contribution < 1.29 is 37.4 Å². The summed E-state index contributed by atoms with van der Waals surface area (Å²) in [6.07, 6.45) is -0.131. The van der Waals surface area contributed by atoms with Gasteiger partial charge in [-0.25, -0.2) is 13.6 Å². The second kappa shape index (κ2) is 12.5. The van der Waals surface area contributed by atoms with E-state index in [0.29, 0.717) is 50.5 Å². The first-order chi connectivity index (χ1) is 19.8. The maximum absolute atomic E-state index is 13.7. The Kier molecular flexibility index (Phi) is 8.65. The molecule has 2 fully saturated rings. The van der Waals surface area contributed by atoms with Gasteiger partial charge in [-0.2, -0.15) is 0 Å². The van der Waals surface area contributed by atoms with Gasteiger partial charge in [0.15, 0.2) is 11.6 Å². The van der Waals surface area contributed by atoms with Crippen LogP contribution in [0.3, 0.4) is 0 Å². The Hall–Kier alpha value is -4.22. The molecule has 2 atom stereocenters. The fourth-order valence-corrected chi connectivity index (χ4v) is 5.46. The highest BCUT2D eigenvalue weighted by Crippen LogP contribution is 2.35. The monoisotopic (exact) mass is 570 g/mol. The summed E-state index contributed by atoms with van der Waals surface area (Å²) in [7, 11) is 0. The zero-order valence-electron chi connectivity index (χ0n) is 22.5. The van der Waals surface area contributed by atoms with Crippen LogP contribution in [0.5, 0.6) is 5.75 Å². The van der Waals surface area contributed by atoms with E-state index >= 15 is 0 Å². The molecule has 218 valence electrons. The largest absolute Gasteiger partial charge is 0.492 e. The number of amides is 4. The first kappa shape index (κ1) is 28.3. The molecule has 0 aromatic heterocycles. The highest BCUT2D eigenvalue weighted by atomic mass is 19.2. The summed E-state index contributed by atoms with van der Waals surface area (Å²) < 4.78 is 37.9. The molecule has 2 saturated heterocycles. The summed E-state index contributed by atoms with van der Waals surface area (Å²) in [5, 5.41) is 2.96. The molecule has 3 aliphatic heterocycles. The molecule has 2 aromatic carbocycles. The van der Waals surface area contributed by atoms with Crippen molar-refractivity contribution in [3.8, 4) is 5.75 Å². The molecule has 0 spiro atoms. The smallest absolute Gasteiger partial charge is 0.410 e. The average Bonchev–Trinajstić information content (AvgIpc) is 3.58. The van der Waals surface area contributed by atoms with Gasteiger partial charge in [0.05, 0.1) is 25.4 Å². The highest BCUT2D eigenvalue weighted by molar-refractivity contribution is 5.84. The van der Waals surface area contributed by atoms with Crippen molar-refractivity contribution in [2.75, 3.05) is 59.0 Å². The molecule has 4 amide bonds. The van der Waals surface area contributed by atoms with Gasteiger partial charge < -0.3 is 24.6 Å². The molecular weight excluding hydrogens is 538 g/mol. The van der Waals surface area contributed by atoms with Crippen LogP contribution in [0, 0.1) is 17.6 Å². The molecule has 5 rings (SSSR count). The SMILES string of the molecule is O=C1NCCCN(C(=O)CN2CCOC2=O)CCOc2cccc(c2)[C@H]2CN(C(=O)Cc3ccc(F)c(F)c3)C[C@H]12. The van der Waals surface area contributed by atoms with Gasteiger partial charge >= 0.3 is 6.09 Å². The van der Waals surface area contributed by atoms with Gasteiger partial charge in [0.2, 0.25) is 17.7 Å². The maximum atomic E-state index is 13.7. The Morgan fingerprint density at radius 3 is 2.46 bits per heavy atom. The van der Waals surface area contributed by atoms with Crippen LogP contribution in [0.15, 0.2) is 42.5 Å². The molecule has 0 unspecified atom stereocenters. The molecule has 3 heterocycles. The lowest BCUT2D eigenvalue weighted by molar-refractivity contribution is -0.132. The lowest BCUT2D eigenvalue weighted by atomic mass is 9.88. The van der Waals surface area contributed by atoms with Crippen LogP contribution in [-0.2, 0) is 25.5 Å². The number of carbonyl (C=O) groups is 4. The first-order valence-electron chi connectivity index (χ1n) is 13.7. The fourth-order valence-electron chi connectivity index (χ4n) is 5.46. The maximum Gasteiger partial charge on any atom is 0.410 e. The number of nitrogens with zero attached hydrogens (tertiary/aromatic N) is 3. The first-order valence-corrected chi connectivity index (χ1v) is 13.7. The molecule has 41 heavy (non-hydrogen) atoms. The van der Waals surface area contributed by atoms with Gasteiger partial charge in [-0.05, 0) is 41.8 Å². The van der Waals surface area contributed by atoms with Crippen LogP contribution in [-0.4, -0.2) is 97.5 Å². The van der Waals surface area contributed by atoms with Gasteiger partial charge in [0, 0.05) is 32.1 Å². The van der Waals surface area contributed by atoms with Crippen LogP contribution >= 0.6 is 0 Å². The number of ether oxygens (including phenoxy) is 2. The quantitative estimate of drug-likeness (QED) is 0.602. The number of likely N-dealkylation sites (tertiary alicyclic amines) is 1. The number of rotatable bonds is 4. The van der Waals surface area contributed by atoms with E-state index in [1.165, 1.54) is 11.0 Å². The minimum absolute atomic E-state index is 0.0845. The number of fused-ring (bicyclic) bond motifs is 4. The van der Waals surface area contributed by atoms with Gasteiger partial charge in [0.25, 0.3) is 0 Å². The summed E-state index contributed by atoms with van der Waals surface area (Å²) in [5.41, 5.74) is 1.19. The van der Waals surface area contributed by atoms with Crippen molar-refractivity contribution in [3.05, 3.63) is 65.2 Å². The highest BCUT2D eigenvalue weighted by Gasteiger charge is 2.40. The fraction of sp³-hybridized carbons (Fsp3) is 0.448. The number of nitrogens with one attached hydrogen (secondary N) is 1. The molecule has 2 aromatic rings. The van der Waals surface area contributed by atoms with Gasteiger partial charge in [-0.1, -0.05) is 18.2 Å². The van der Waals surface area contributed by atoms with E-state index in [9.17, 15) is 28.0 Å². The Morgan fingerprint density at radius 1 is 0.878 bits per heavy atom. The summed E-state index contributed by atoms with van der Waals surface area (Å²) in [6.45, 7) is 2.23. The minimum atomic E-state index is -1.01. The van der Waals surface area contributed by atoms with Crippen molar-refractivity contribution in [2.45, 2.75) is 18.8 Å². The number of hydrogen-bond donors (Lipinski definition) is 1. The standard InChI is InChI=1S/C29H32F2N4O6/c30-24-6-5-19(13-25(24)31)14-26(36)35-16-22-20-3-1-4-21(15-20)40-11-9-33(8-2-7-32-28(38)23(22)17-35)27(37)18-34-10-12-41-29(34)39/h1,3-6,13,15,22-23H,2,7-12,14,16-18H2,(H,32,38)/t22-,23+/m1/s1.